The van der Waals surface area contributed by atoms with Crippen molar-refractivity contribution in [2.75, 3.05) is 34.3 Å². The van der Waals surface area contributed by atoms with Crippen LogP contribution in [0, 0.1) is 0 Å². The van der Waals surface area contributed by atoms with Crippen LogP contribution >= 0.6 is 0 Å². The van der Waals surface area contributed by atoms with E-state index in [0.29, 0.717) is 6.10 Å². The van der Waals surface area contributed by atoms with E-state index >= 15 is 0 Å². The molecule has 1 rings (SSSR count). The fourth-order valence-corrected chi connectivity index (χ4v) is 3.50. The summed E-state index contributed by atoms with van der Waals surface area (Å²) < 4.78 is 12.9. The van der Waals surface area contributed by atoms with Gasteiger partial charge in [0.2, 0.25) is 0 Å². The Morgan fingerprint density at radius 1 is 0.808 bits per heavy atom. The van der Waals surface area contributed by atoms with Gasteiger partial charge in [-0.05, 0) is 12.8 Å². The maximum atomic E-state index is 6.04. The lowest BCUT2D eigenvalue weighted by Gasteiger charge is -2.24. The predicted octanol–water partition coefficient (Wildman–Crippen LogP) is 2.92. The van der Waals surface area contributed by atoms with Crippen LogP contribution in [0.2, 0.25) is 0 Å². The van der Waals surface area contributed by atoms with Gasteiger partial charge in [-0.2, -0.15) is 0 Å². The molecule has 1 aliphatic heterocycles. The highest BCUT2D eigenvalue weighted by molar-refractivity contribution is 4.68. The lowest BCUT2D eigenvalue weighted by atomic mass is 10.0. The van der Waals surface area contributed by atoms with Gasteiger partial charge in [-0.25, -0.2) is 0 Å². The Morgan fingerprint density at radius 2 is 1.35 bits per heavy atom. The van der Waals surface area contributed by atoms with Crippen LogP contribution in [-0.2, 0) is 9.47 Å². The molecule has 26 heavy (non-hydrogen) atoms. The third-order valence-electron chi connectivity index (χ3n) is 5.26. The third-order valence-corrected chi connectivity index (χ3v) is 5.26. The molecule has 0 saturated carbocycles. The molecule has 1 heterocycles. The molecule has 3 nitrogen and oxygen atoms in total. The van der Waals surface area contributed by atoms with Gasteiger partial charge in [0.05, 0.1) is 33.9 Å². The van der Waals surface area contributed by atoms with Gasteiger partial charge in [0.1, 0.15) is 6.54 Å². The minimum absolute atomic E-state index is 0. The third kappa shape index (κ3) is 15.6. The van der Waals surface area contributed by atoms with E-state index in [4.69, 9.17) is 9.47 Å². The zero-order valence-electron chi connectivity index (χ0n) is 18.1. The number of quaternary nitrogens is 1. The molecule has 0 aliphatic carbocycles. The summed E-state index contributed by atoms with van der Waals surface area (Å²) in [5.41, 5.74) is 0. The largest absolute Gasteiger partial charge is 1.00 e. The summed E-state index contributed by atoms with van der Waals surface area (Å²) in [6, 6.07) is 0. The summed E-state index contributed by atoms with van der Waals surface area (Å²) in [6.45, 7) is 4.14. The average molecular weight is 484 g/mol. The van der Waals surface area contributed by atoms with E-state index in [1.165, 1.54) is 83.5 Å². The molecule has 1 fully saturated rings. The highest BCUT2D eigenvalue weighted by Gasteiger charge is 2.25. The summed E-state index contributed by atoms with van der Waals surface area (Å²) >= 11 is 0. The van der Waals surface area contributed by atoms with E-state index in [-0.39, 0.29) is 30.3 Å². The molecule has 1 saturated heterocycles. The number of hydrogen-bond acceptors (Lipinski definition) is 2. The highest BCUT2D eigenvalue weighted by Crippen LogP contribution is 2.25. The van der Waals surface area contributed by atoms with Gasteiger partial charge in [-0.1, -0.05) is 77.6 Å². The maximum absolute atomic E-state index is 6.04. The fraction of sp³-hybridized carbons (Fsp3) is 1.00. The zero-order valence-corrected chi connectivity index (χ0v) is 20.3. The number of rotatable bonds is 16. The van der Waals surface area contributed by atoms with Gasteiger partial charge in [0, 0.05) is 6.42 Å². The van der Waals surface area contributed by atoms with E-state index < -0.39 is 0 Å². The Hall–Kier alpha value is 0.610. The summed E-state index contributed by atoms with van der Waals surface area (Å²) in [4.78, 5) is 0. The van der Waals surface area contributed by atoms with Crippen molar-refractivity contribution in [1.82, 2.24) is 0 Å². The van der Waals surface area contributed by atoms with Crippen LogP contribution in [0.1, 0.15) is 96.8 Å². The van der Waals surface area contributed by atoms with Crippen LogP contribution in [-0.4, -0.2) is 51.2 Å². The first-order valence-corrected chi connectivity index (χ1v) is 11.1. The van der Waals surface area contributed by atoms with Crippen molar-refractivity contribution in [2.24, 2.45) is 0 Å². The highest BCUT2D eigenvalue weighted by atomic mass is 127. The van der Waals surface area contributed by atoms with Crippen LogP contribution in [0.5, 0.6) is 0 Å². The molecular weight excluding hydrogens is 437 g/mol. The molecule has 0 aromatic heterocycles. The van der Waals surface area contributed by atoms with E-state index in [9.17, 15) is 0 Å². The average Bonchev–Trinajstić information content (AvgIpc) is 2.99. The normalized spacial score (nSPS) is 20.3. The van der Waals surface area contributed by atoms with Gasteiger partial charge in [0.25, 0.3) is 0 Å². The number of halogens is 1. The van der Waals surface area contributed by atoms with Gasteiger partial charge >= 0.3 is 0 Å². The lowest BCUT2D eigenvalue weighted by Crippen LogP contribution is -3.00. The lowest BCUT2D eigenvalue weighted by molar-refractivity contribution is -0.871. The molecule has 2 atom stereocenters. The SMILES string of the molecule is CCCCCCCCCCCCCC1CCC(OCC[N+](C)(C)C)O1.[I-]. The van der Waals surface area contributed by atoms with E-state index in [0.717, 1.165) is 24.1 Å². The zero-order chi connectivity index (χ0) is 18.4. The Labute approximate surface area is 181 Å². The molecule has 1 aliphatic rings. The molecule has 0 aromatic carbocycles. The second kappa shape index (κ2) is 16.6. The number of hydrogen-bond donors (Lipinski definition) is 0. The molecule has 0 N–H and O–H groups in total. The van der Waals surface area contributed by atoms with E-state index in [1.807, 2.05) is 0 Å². The molecule has 0 bridgehead atoms. The summed E-state index contributed by atoms with van der Waals surface area (Å²) in [6.07, 6.45) is 19.6. The Balaban J connectivity index is 0.00000625. The molecule has 2 unspecified atom stereocenters. The minimum Gasteiger partial charge on any atom is -1.00 e. The Bertz CT molecular complexity index is 307. The second-order valence-electron chi connectivity index (χ2n) is 8.97. The van der Waals surface area contributed by atoms with Gasteiger partial charge in [-0.15, -0.1) is 0 Å². The smallest absolute Gasteiger partial charge is 0.158 e. The van der Waals surface area contributed by atoms with Gasteiger partial charge in [-0.3, -0.25) is 0 Å². The minimum atomic E-state index is 0. The van der Waals surface area contributed by atoms with Crippen LogP contribution in [0.25, 0.3) is 0 Å². The van der Waals surface area contributed by atoms with Crippen molar-refractivity contribution in [3.8, 4) is 0 Å². The standard InChI is InChI=1S/C22H46NO2.HI/c1-5-6-7-8-9-10-11-12-13-14-15-16-21-17-18-22(25-21)24-20-19-23(2,3)4;/h21-22H,5-20H2,1-4H3;1H/q+1;/p-1. The molecule has 158 valence electrons. The Kier molecular flexibility index (Phi) is 16.9. The number of unbranched alkanes of at least 4 members (excludes halogenated alkanes) is 10. The number of nitrogens with zero attached hydrogens (tertiary/aromatic N) is 1. The molecule has 0 amide bonds. The Morgan fingerprint density at radius 3 is 1.88 bits per heavy atom. The topological polar surface area (TPSA) is 18.5 Å². The first-order valence-electron chi connectivity index (χ1n) is 11.1. The molecule has 4 heteroatoms. The number of likely N-dealkylation sites (N-methyl/N-ethyl adjacent to an activating group) is 1. The first kappa shape index (κ1) is 26.6. The van der Waals surface area contributed by atoms with Crippen molar-refractivity contribution in [2.45, 2.75) is 109 Å². The molecule has 0 radical (unpaired) electrons. The van der Waals surface area contributed by atoms with Crippen molar-refractivity contribution < 1.29 is 37.9 Å². The van der Waals surface area contributed by atoms with Gasteiger partial charge in [0.15, 0.2) is 6.29 Å². The van der Waals surface area contributed by atoms with Crippen molar-refractivity contribution in [1.29, 1.82) is 0 Å². The van der Waals surface area contributed by atoms with Crippen molar-refractivity contribution in [3.05, 3.63) is 0 Å². The quantitative estimate of drug-likeness (QED) is 0.191. The molecule has 0 aromatic rings. The van der Waals surface area contributed by atoms with Crippen molar-refractivity contribution in [3.63, 3.8) is 0 Å². The molecule has 0 spiro atoms. The van der Waals surface area contributed by atoms with Gasteiger partial charge < -0.3 is 37.9 Å². The van der Waals surface area contributed by atoms with Crippen LogP contribution in [0.4, 0.5) is 0 Å². The van der Waals surface area contributed by atoms with E-state index in [2.05, 4.69) is 28.1 Å². The first-order chi connectivity index (χ1) is 12.0. The van der Waals surface area contributed by atoms with Crippen molar-refractivity contribution >= 4 is 0 Å². The maximum Gasteiger partial charge on any atom is 0.158 e. The predicted molar refractivity (Wildman–Crippen MR) is 108 cm³/mol. The number of ether oxygens (including phenoxy) is 2. The monoisotopic (exact) mass is 483 g/mol. The second-order valence-corrected chi connectivity index (χ2v) is 8.97. The summed E-state index contributed by atoms with van der Waals surface area (Å²) in [7, 11) is 6.61. The fourth-order valence-electron chi connectivity index (χ4n) is 3.50. The van der Waals surface area contributed by atoms with Crippen LogP contribution in [0.3, 0.4) is 0 Å². The molecular formula is C22H46INO2. The van der Waals surface area contributed by atoms with Crippen LogP contribution < -0.4 is 24.0 Å². The van der Waals surface area contributed by atoms with E-state index in [1.54, 1.807) is 0 Å². The summed E-state index contributed by atoms with van der Waals surface area (Å²) in [5, 5.41) is 0. The summed E-state index contributed by atoms with van der Waals surface area (Å²) in [5.74, 6) is 0. The van der Waals surface area contributed by atoms with Crippen LogP contribution in [0.15, 0.2) is 0 Å².